The molecule has 8 nitrogen and oxygen atoms in total. The van der Waals surface area contributed by atoms with Crippen LogP contribution in [0.2, 0.25) is 0 Å². The van der Waals surface area contributed by atoms with E-state index in [9.17, 15) is 0 Å². The van der Waals surface area contributed by atoms with Crippen LogP contribution in [0.15, 0.2) is 54.0 Å². The van der Waals surface area contributed by atoms with Gasteiger partial charge in [-0.1, -0.05) is 31.0 Å². The number of rotatable bonds is 6. The Morgan fingerprint density at radius 3 is 2.91 bits per heavy atom. The Hall–Kier alpha value is -3.52. The summed E-state index contributed by atoms with van der Waals surface area (Å²) in [6, 6.07) is 8.28. The van der Waals surface area contributed by atoms with Gasteiger partial charge >= 0.3 is 0 Å². The molecule has 3 N–H and O–H groups in total. The number of nitrogens with one attached hydrogen (secondary N) is 1. The second-order valence-corrected chi connectivity index (χ2v) is 8.62. The van der Waals surface area contributed by atoms with E-state index in [2.05, 4.69) is 15.4 Å². The van der Waals surface area contributed by atoms with Crippen LogP contribution in [0.5, 0.6) is 0 Å². The fourth-order valence-electron chi connectivity index (χ4n) is 4.54. The highest BCUT2D eigenvalue weighted by Crippen LogP contribution is 2.38. The minimum absolute atomic E-state index is 0.245. The van der Waals surface area contributed by atoms with Crippen molar-refractivity contribution >= 4 is 17.6 Å². The van der Waals surface area contributed by atoms with E-state index in [1.165, 1.54) is 12.8 Å². The molecule has 1 aliphatic carbocycles. The van der Waals surface area contributed by atoms with Crippen LogP contribution in [-0.2, 0) is 11.8 Å². The number of hydrogen-bond donors (Lipinski definition) is 2. The minimum atomic E-state index is 0.245. The van der Waals surface area contributed by atoms with Gasteiger partial charge in [-0.2, -0.15) is 5.10 Å². The zero-order valence-electron chi connectivity index (χ0n) is 19.0. The maximum absolute atomic E-state index is 5.93. The highest BCUT2D eigenvalue weighted by atomic mass is 16.6. The summed E-state index contributed by atoms with van der Waals surface area (Å²) < 4.78 is 7.72. The first-order valence-electron chi connectivity index (χ1n) is 11.4. The van der Waals surface area contributed by atoms with Crippen LogP contribution in [0.3, 0.4) is 0 Å². The standard InChI is InChI=1S/C25H29N7O/c1-27-12-18(11-26)16-6-5-7-17(10-16)24-28-14-20(19-13-29-32(2)15-19)25(31-24)30-21-8-3-4-9-22-23(21)33-22/h5-7,10-15,21-23H,3-4,8-9,26H2,1-2H3,(H,28,30,31). The molecule has 0 spiro atoms. The number of aliphatic imine (C=N–C) groups is 1. The van der Waals surface area contributed by atoms with Gasteiger partial charge in [0.05, 0.1) is 18.3 Å². The topological polar surface area (TPSA) is 107 Å². The van der Waals surface area contributed by atoms with Crippen molar-refractivity contribution in [3.05, 3.63) is 54.6 Å². The predicted octanol–water partition coefficient (Wildman–Crippen LogP) is 3.67. The summed E-state index contributed by atoms with van der Waals surface area (Å²) in [6.07, 6.45) is 14.3. The fraction of sp³-hybridized carbons (Fsp3) is 0.360. The Bertz CT molecular complexity index is 1200. The van der Waals surface area contributed by atoms with E-state index < -0.39 is 0 Å². The maximum atomic E-state index is 5.93. The summed E-state index contributed by atoms with van der Waals surface area (Å²) in [5.74, 6) is 1.46. The lowest BCUT2D eigenvalue weighted by atomic mass is 10.0. The molecule has 0 radical (unpaired) electrons. The van der Waals surface area contributed by atoms with Crippen molar-refractivity contribution in [3.8, 4) is 22.5 Å². The quantitative estimate of drug-likeness (QED) is 0.445. The molecule has 3 aromatic rings. The van der Waals surface area contributed by atoms with Gasteiger partial charge in [0.15, 0.2) is 5.82 Å². The molecule has 1 saturated carbocycles. The van der Waals surface area contributed by atoms with E-state index in [1.54, 1.807) is 24.1 Å². The summed E-state index contributed by atoms with van der Waals surface area (Å²) >= 11 is 0. The Labute approximate surface area is 193 Å². The number of aryl methyl sites for hydroxylation is 1. The molecular weight excluding hydrogens is 414 g/mol. The average molecular weight is 444 g/mol. The minimum Gasteiger partial charge on any atom is -0.404 e. The molecular formula is C25H29N7O. The summed E-state index contributed by atoms with van der Waals surface area (Å²) in [4.78, 5) is 13.8. The van der Waals surface area contributed by atoms with Crippen LogP contribution in [0.4, 0.5) is 5.82 Å². The summed E-state index contributed by atoms with van der Waals surface area (Å²) in [6.45, 7) is 0. The van der Waals surface area contributed by atoms with Gasteiger partial charge in [-0.05, 0) is 24.5 Å². The van der Waals surface area contributed by atoms with Crippen molar-refractivity contribution in [1.29, 1.82) is 0 Å². The molecule has 8 heteroatoms. The second-order valence-electron chi connectivity index (χ2n) is 8.62. The molecule has 0 amide bonds. The molecule has 1 saturated heterocycles. The number of anilines is 1. The van der Waals surface area contributed by atoms with Gasteiger partial charge in [-0.25, -0.2) is 9.97 Å². The molecule has 5 rings (SSSR count). The first kappa shape index (κ1) is 21.3. The highest BCUT2D eigenvalue weighted by Gasteiger charge is 2.45. The van der Waals surface area contributed by atoms with Gasteiger partial charge < -0.3 is 15.8 Å². The van der Waals surface area contributed by atoms with Crippen molar-refractivity contribution in [2.24, 2.45) is 17.8 Å². The van der Waals surface area contributed by atoms with Crippen molar-refractivity contribution in [2.75, 3.05) is 12.4 Å². The van der Waals surface area contributed by atoms with Crippen LogP contribution in [0, 0.1) is 0 Å². The van der Waals surface area contributed by atoms with E-state index in [-0.39, 0.29) is 12.1 Å². The van der Waals surface area contributed by atoms with Crippen LogP contribution < -0.4 is 11.1 Å². The molecule has 170 valence electrons. The molecule has 2 aromatic heterocycles. The van der Waals surface area contributed by atoms with E-state index >= 15 is 0 Å². The lowest BCUT2D eigenvalue weighted by Gasteiger charge is -2.19. The van der Waals surface area contributed by atoms with Crippen LogP contribution in [-0.4, -0.2) is 51.3 Å². The molecule has 3 heterocycles. The largest absolute Gasteiger partial charge is 0.404 e. The Morgan fingerprint density at radius 1 is 1.24 bits per heavy atom. The van der Waals surface area contributed by atoms with Crippen molar-refractivity contribution < 1.29 is 4.74 Å². The monoisotopic (exact) mass is 443 g/mol. The Morgan fingerprint density at radius 2 is 2.12 bits per heavy atom. The van der Waals surface area contributed by atoms with Gasteiger partial charge in [0.1, 0.15) is 11.9 Å². The van der Waals surface area contributed by atoms with E-state index in [0.29, 0.717) is 11.9 Å². The lowest BCUT2D eigenvalue weighted by molar-refractivity contribution is 0.324. The summed E-state index contributed by atoms with van der Waals surface area (Å²) in [5, 5.41) is 8.04. The number of hydrogen-bond acceptors (Lipinski definition) is 7. The van der Waals surface area contributed by atoms with Gasteiger partial charge in [-0.3, -0.25) is 9.67 Å². The highest BCUT2D eigenvalue weighted by molar-refractivity contribution is 6.09. The Balaban J connectivity index is 1.52. The van der Waals surface area contributed by atoms with Crippen LogP contribution in [0.1, 0.15) is 31.2 Å². The SMILES string of the molecule is CN=CC(=CN)c1cccc(-c2ncc(-c3cnn(C)c3)c(NC3CCCCC4OC34)n2)c1. The fourth-order valence-corrected chi connectivity index (χ4v) is 4.54. The van der Waals surface area contributed by atoms with Crippen LogP contribution in [0.25, 0.3) is 28.1 Å². The molecule has 3 unspecified atom stereocenters. The zero-order chi connectivity index (χ0) is 22.8. The molecule has 2 fully saturated rings. The summed E-state index contributed by atoms with van der Waals surface area (Å²) in [7, 11) is 3.64. The maximum Gasteiger partial charge on any atom is 0.161 e. The van der Waals surface area contributed by atoms with Crippen molar-refractivity contribution in [1.82, 2.24) is 19.7 Å². The summed E-state index contributed by atoms with van der Waals surface area (Å²) in [5.41, 5.74) is 10.5. The molecule has 1 aromatic carbocycles. The number of fused-ring (bicyclic) bond motifs is 1. The number of benzene rings is 1. The Kier molecular flexibility index (Phi) is 5.92. The first-order chi connectivity index (χ1) is 16.2. The number of epoxide rings is 1. The lowest BCUT2D eigenvalue weighted by Crippen LogP contribution is -2.27. The molecule has 3 atom stereocenters. The third-order valence-electron chi connectivity index (χ3n) is 6.30. The van der Waals surface area contributed by atoms with Crippen LogP contribution >= 0.6 is 0 Å². The molecule has 1 aliphatic heterocycles. The van der Waals surface area contributed by atoms with Crippen molar-refractivity contribution in [3.63, 3.8) is 0 Å². The number of ether oxygens (including phenoxy) is 1. The van der Waals surface area contributed by atoms with Gasteiger partial charge in [0.25, 0.3) is 0 Å². The second kappa shape index (κ2) is 9.15. The third-order valence-corrected chi connectivity index (χ3v) is 6.30. The zero-order valence-corrected chi connectivity index (χ0v) is 19.0. The van der Waals surface area contributed by atoms with Gasteiger partial charge in [0.2, 0.25) is 0 Å². The first-order valence-corrected chi connectivity index (χ1v) is 11.4. The smallest absolute Gasteiger partial charge is 0.161 e. The number of aromatic nitrogens is 4. The van der Waals surface area contributed by atoms with Crippen molar-refractivity contribution in [2.45, 2.75) is 43.9 Å². The normalized spacial score (nSPS) is 22.7. The number of nitrogens with two attached hydrogens (primary N) is 1. The molecule has 33 heavy (non-hydrogen) atoms. The van der Waals surface area contributed by atoms with E-state index in [0.717, 1.165) is 46.5 Å². The predicted molar refractivity (Wildman–Crippen MR) is 131 cm³/mol. The molecule has 0 bridgehead atoms. The molecule has 2 aliphatic rings. The van der Waals surface area contributed by atoms with Gasteiger partial charge in [-0.15, -0.1) is 0 Å². The van der Waals surface area contributed by atoms with E-state index in [4.69, 9.17) is 20.4 Å². The van der Waals surface area contributed by atoms with E-state index in [1.807, 2.05) is 49.9 Å². The van der Waals surface area contributed by atoms with Gasteiger partial charge in [0, 0.05) is 61.2 Å². The third kappa shape index (κ3) is 4.52. The number of allylic oxidation sites excluding steroid dienone is 1. The number of nitrogens with zero attached hydrogens (tertiary/aromatic N) is 5. The average Bonchev–Trinajstić information content (AvgIpc) is 3.52.